The van der Waals surface area contributed by atoms with E-state index in [-0.39, 0.29) is 0 Å². The van der Waals surface area contributed by atoms with Crippen LogP contribution < -0.4 is 0 Å². The van der Waals surface area contributed by atoms with Gasteiger partial charge in [0.2, 0.25) is 0 Å². The second kappa shape index (κ2) is 4.29. The van der Waals surface area contributed by atoms with Crippen molar-refractivity contribution in [2.75, 3.05) is 20.1 Å². The quantitative estimate of drug-likeness (QED) is 0.768. The highest BCUT2D eigenvalue weighted by molar-refractivity contribution is 6.30. The molecule has 2 unspecified atom stereocenters. The number of likely N-dealkylation sites (tertiary alicyclic amines) is 1. The molecule has 4 heteroatoms. The molecule has 1 aromatic rings. The SMILES string of the molecule is CC1CCCn2c(C3CCN(C)C3)nc(Cl)c21. The van der Waals surface area contributed by atoms with Crippen LogP contribution in [0.15, 0.2) is 0 Å². The largest absolute Gasteiger partial charge is 0.330 e. The van der Waals surface area contributed by atoms with Crippen LogP contribution in [0.4, 0.5) is 0 Å². The van der Waals surface area contributed by atoms with Crippen LogP contribution in [0.5, 0.6) is 0 Å². The van der Waals surface area contributed by atoms with E-state index in [0.717, 1.165) is 18.2 Å². The van der Waals surface area contributed by atoms with Crippen molar-refractivity contribution in [3.8, 4) is 0 Å². The number of halogens is 1. The van der Waals surface area contributed by atoms with E-state index in [1.807, 2.05) is 0 Å². The van der Waals surface area contributed by atoms with Crippen LogP contribution in [0.2, 0.25) is 5.15 Å². The maximum absolute atomic E-state index is 6.33. The van der Waals surface area contributed by atoms with Gasteiger partial charge in [-0.25, -0.2) is 4.98 Å². The van der Waals surface area contributed by atoms with E-state index in [9.17, 15) is 0 Å². The zero-order valence-corrected chi connectivity index (χ0v) is 11.4. The van der Waals surface area contributed by atoms with Crippen molar-refractivity contribution in [2.24, 2.45) is 0 Å². The molecule has 2 aliphatic heterocycles. The average molecular weight is 254 g/mol. The van der Waals surface area contributed by atoms with Gasteiger partial charge in [-0.05, 0) is 38.8 Å². The van der Waals surface area contributed by atoms with Crippen molar-refractivity contribution in [3.05, 3.63) is 16.7 Å². The first-order valence-corrected chi connectivity index (χ1v) is 6.99. The Morgan fingerprint density at radius 1 is 1.29 bits per heavy atom. The van der Waals surface area contributed by atoms with E-state index in [0.29, 0.717) is 11.8 Å². The van der Waals surface area contributed by atoms with E-state index < -0.39 is 0 Å². The average Bonchev–Trinajstić information content (AvgIpc) is 2.84. The Morgan fingerprint density at radius 3 is 2.82 bits per heavy atom. The summed E-state index contributed by atoms with van der Waals surface area (Å²) in [6, 6.07) is 0. The van der Waals surface area contributed by atoms with Crippen molar-refractivity contribution in [3.63, 3.8) is 0 Å². The zero-order chi connectivity index (χ0) is 12.0. The van der Waals surface area contributed by atoms with Gasteiger partial charge >= 0.3 is 0 Å². The smallest absolute Gasteiger partial charge is 0.150 e. The minimum absolute atomic E-state index is 0.566. The van der Waals surface area contributed by atoms with E-state index in [1.165, 1.54) is 37.3 Å². The van der Waals surface area contributed by atoms with Crippen LogP contribution in [0.3, 0.4) is 0 Å². The van der Waals surface area contributed by atoms with Crippen molar-refractivity contribution >= 4 is 11.6 Å². The fraction of sp³-hybridized carbons (Fsp3) is 0.769. The van der Waals surface area contributed by atoms with Crippen LogP contribution in [-0.2, 0) is 6.54 Å². The lowest BCUT2D eigenvalue weighted by atomic mass is 9.98. The van der Waals surface area contributed by atoms with Gasteiger partial charge < -0.3 is 9.47 Å². The van der Waals surface area contributed by atoms with Gasteiger partial charge in [0.1, 0.15) is 5.82 Å². The number of rotatable bonds is 1. The number of aromatic nitrogens is 2. The van der Waals surface area contributed by atoms with Crippen molar-refractivity contribution in [1.82, 2.24) is 14.5 Å². The Balaban J connectivity index is 1.98. The second-order valence-electron chi connectivity index (χ2n) is 5.59. The summed E-state index contributed by atoms with van der Waals surface area (Å²) in [6.07, 6.45) is 3.73. The molecule has 94 valence electrons. The van der Waals surface area contributed by atoms with Gasteiger partial charge in [0.15, 0.2) is 5.15 Å². The Labute approximate surface area is 108 Å². The second-order valence-corrected chi connectivity index (χ2v) is 5.95. The highest BCUT2D eigenvalue weighted by Gasteiger charge is 2.30. The fourth-order valence-electron chi connectivity index (χ4n) is 3.31. The summed E-state index contributed by atoms with van der Waals surface area (Å²) >= 11 is 6.33. The number of nitrogens with zero attached hydrogens (tertiary/aromatic N) is 3. The third kappa shape index (κ3) is 1.89. The van der Waals surface area contributed by atoms with Crippen LogP contribution >= 0.6 is 11.6 Å². The molecule has 1 saturated heterocycles. The molecule has 0 bridgehead atoms. The van der Waals surface area contributed by atoms with Crippen LogP contribution in [-0.4, -0.2) is 34.6 Å². The predicted octanol–water partition coefficient (Wildman–Crippen LogP) is 2.85. The molecule has 2 atom stereocenters. The Hall–Kier alpha value is -0.540. The Kier molecular flexibility index (Phi) is 2.91. The molecule has 0 radical (unpaired) electrons. The first kappa shape index (κ1) is 11.5. The summed E-state index contributed by atoms with van der Waals surface area (Å²) in [4.78, 5) is 7.04. The molecule has 1 aromatic heterocycles. The molecule has 17 heavy (non-hydrogen) atoms. The van der Waals surface area contributed by atoms with E-state index in [1.54, 1.807) is 0 Å². The topological polar surface area (TPSA) is 21.1 Å². The summed E-state index contributed by atoms with van der Waals surface area (Å²) < 4.78 is 2.40. The molecule has 2 aliphatic rings. The van der Waals surface area contributed by atoms with E-state index >= 15 is 0 Å². The summed E-state index contributed by atoms with van der Waals surface area (Å²) in [5.74, 6) is 2.38. The van der Waals surface area contributed by atoms with Gasteiger partial charge in [0.05, 0.1) is 5.69 Å². The zero-order valence-electron chi connectivity index (χ0n) is 10.6. The lowest BCUT2D eigenvalue weighted by Crippen LogP contribution is -2.19. The minimum atomic E-state index is 0.566. The van der Waals surface area contributed by atoms with Gasteiger partial charge in [-0.15, -0.1) is 0 Å². The molecular weight excluding hydrogens is 234 g/mol. The van der Waals surface area contributed by atoms with Crippen LogP contribution in [0.1, 0.15) is 49.5 Å². The summed E-state index contributed by atoms with van der Waals surface area (Å²) in [6.45, 7) is 5.68. The molecule has 0 saturated carbocycles. The van der Waals surface area contributed by atoms with Crippen LogP contribution in [0, 0.1) is 0 Å². The molecule has 0 aliphatic carbocycles. The maximum Gasteiger partial charge on any atom is 0.150 e. The van der Waals surface area contributed by atoms with Crippen molar-refractivity contribution in [2.45, 2.75) is 44.6 Å². The molecular formula is C13H20ClN3. The molecule has 0 aromatic carbocycles. The van der Waals surface area contributed by atoms with E-state index in [2.05, 4.69) is 28.4 Å². The fourth-order valence-corrected chi connectivity index (χ4v) is 3.68. The third-order valence-corrected chi connectivity index (χ3v) is 4.51. The number of fused-ring (bicyclic) bond motifs is 1. The maximum atomic E-state index is 6.33. The first-order chi connectivity index (χ1) is 8.16. The lowest BCUT2D eigenvalue weighted by Gasteiger charge is -2.23. The number of likely N-dealkylation sites (N-methyl/N-ethyl adjacent to an activating group) is 1. The van der Waals surface area contributed by atoms with Gasteiger partial charge in [-0.2, -0.15) is 0 Å². The summed E-state index contributed by atoms with van der Waals surface area (Å²) in [5.41, 5.74) is 1.28. The van der Waals surface area contributed by atoms with Crippen molar-refractivity contribution < 1.29 is 0 Å². The summed E-state index contributed by atoms with van der Waals surface area (Å²) in [5, 5.41) is 0.752. The lowest BCUT2D eigenvalue weighted by molar-refractivity contribution is 0.402. The molecule has 3 rings (SSSR count). The number of imidazole rings is 1. The van der Waals surface area contributed by atoms with Gasteiger partial charge in [0.25, 0.3) is 0 Å². The predicted molar refractivity (Wildman–Crippen MR) is 69.7 cm³/mol. The molecule has 0 N–H and O–H groups in total. The molecule has 0 spiro atoms. The molecule has 3 nitrogen and oxygen atoms in total. The number of hydrogen-bond acceptors (Lipinski definition) is 2. The van der Waals surface area contributed by atoms with Crippen molar-refractivity contribution in [1.29, 1.82) is 0 Å². The molecule has 3 heterocycles. The first-order valence-electron chi connectivity index (χ1n) is 6.61. The highest BCUT2D eigenvalue weighted by atomic mass is 35.5. The van der Waals surface area contributed by atoms with E-state index in [4.69, 9.17) is 11.6 Å². The Morgan fingerprint density at radius 2 is 2.12 bits per heavy atom. The number of hydrogen-bond donors (Lipinski definition) is 0. The molecule has 0 amide bonds. The van der Waals surface area contributed by atoms with Gasteiger partial charge in [-0.1, -0.05) is 18.5 Å². The summed E-state index contributed by atoms with van der Waals surface area (Å²) in [7, 11) is 2.18. The minimum Gasteiger partial charge on any atom is -0.330 e. The van der Waals surface area contributed by atoms with Gasteiger partial charge in [0, 0.05) is 19.0 Å². The highest BCUT2D eigenvalue weighted by Crippen LogP contribution is 2.37. The van der Waals surface area contributed by atoms with Gasteiger partial charge in [-0.3, -0.25) is 0 Å². The van der Waals surface area contributed by atoms with Crippen LogP contribution in [0.25, 0.3) is 0 Å². The molecule has 1 fully saturated rings. The third-order valence-electron chi connectivity index (χ3n) is 4.23. The normalized spacial score (nSPS) is 29.6. The Bertz CT molecular complexity index is 427. The standard InChI is InChI=1S/C13H20ClN3/c1-9-4-3-6-17-11(9)12(14)15-13(17)10-5-7-16(2)8-10/h9-10H,3-8H2,1-2H3. The monoisotopic (exact) mass is 253 g/mol.